The SMILES string of the molecule is O=C(NC[C@@H]1C[C@@]12CCc1ccccc12)c1ccc(-n2cncn2)nc1. The lowest BCUT2D eigenvalue weighted by Crippen LogP contribution is -2.27. The summed E-state index contributed by atoms with van der Waals surface area (Å²) in [5.41, 5.74) is 3.85. The Morgan fingerprint density at radius 3 is 3.00 bits per heavy atom. The maximum absolute atomic E-state index is 12.4. The minimum Gasteiger partial charge on any atom is -0.352 e. The van der Waals surface area contributed by atoms with Crippen LogP contribution in [0, 0.1) is 5.92 Å². The van der Waals surface area contributed by atoms with Crippen LogP contribution in [0.5, 0.6) is 0 Å². The summed E-state index contributed by atoms with van der Waals surface area (Å²) in [7, 11) is 0. The van der Waals surface area contributed by atoms with E-state index < -0.39 is 0 Å². The lowest BCUT2D eigenvalue weighted by atomic mass is 9.95. The molecule has 0 aliphatic heterocycles. The minimum atomic E-state index is -0.0732. The summed E-state index contributed by atoms with van der Waals surface area (Å²) in [6.07, 6.45) is 8.16. The van der Waals surface area contributed by atoms with E-state index in [1.165, 1.54) is 30.3 Å². The first-order chi connectivity index (χ1) is 12.8. The van der Waals surface area contributed by atoms with Crippen LogP contribution in [0.25, 0.3) is 5.82 Å². The zero-order valence-corrected chi connectivity index (χ0v) is 14.3. The van der Waals surface area contributed by atoms with Crippen LogP contribution < -0.4 is 5.32 Å². The number of hydrogen-bond donors (Lipinski definition) is 1. The monoisotopic (exact) mass is 345 g/mol. The third kappa shape index (κ3) is 2.41. The van der Waals surface area contributed by atoms with Gasteiger partial charge in [-0.05, 0) is 48.4 Å². The Hall–Kier alpha value is -3.02. The standard InChI is InChI=1S/C20H19N5O/c26-19(15-5-6-18(22-10-15)25-13-21-12-24-25)23-11-16-9-20(16)8-7-14-3-1-2-4-17(14)20/h1-6,10,12-13,16H,7-9,11H2,(H,23,26)/t16-,20-/m0/s1. The molecule has 2 heterocycles. The number of carbonyl (C=O) groups excluding carboxylic acids is 1. The molecule has 3 aromatic rings. The molecule has 6 heteroatoms. The van der Waals surface area contributed by atoms with Gasteiger partial charge in [0.25, 0.3) is 5.91 Å². The Bertz CT molecular complexity index is 951. The van der Waals surface area contributed by atoms with Crippen LogP contribution in [0.15, 0.2) is 55.2 Å². The van der Waals surface area contributed by atoms with Gasteiger partial charge in [0.15, 0.2) is 5.82 Å². The van der Waals surface area contributed by atoms with Crippen LogP contribution in [-0.4, -0.2) is 32.2 Å². The number of nitrogens with zero attached hydrogens (tertiary/aromatic N) is 4. The van der Waals surface area contributed by atoms with Crippen molar-refractivity contribution in [1.29, 1.82) is 0 Å². The van der Waals surface area contributed by atoms with Crippen LogP contribution in [0.4, 0.5) is 0 Å². The van der Waals surface area contributed by atoms with E-state index in [0.717, 1.165) is 13.0 Å². The number of hydrogen-bond acceptors (Lipinski definition) is 4. The van der Waals surface area contributed by atoms with Crippen molar-refractivity contribution in [3.63, 3.8) is 0 Å². The van der Waals surface area contributed by atoms with Gasteiger partial charge in [0.1, 0.15) is 12.7 Å². The largest absolute Gasteiger partial charge is 0.352 e. The molecule has 1 fully saturated rings. The van der Waals surface area contributed by atoms with Crippen molar-refractivity contribution in [2.24, 2.45) is 5.92 Å². The van der Waals surface area contributed by atoms with E-state index >= 15 is 0 Å². The molecule has 0 radical (unpaired) electrons. The first-order valence-corrected chi connectivity index (χ1v) is 8.94. The molecule has 0 unspecified atom stereocenters. The summed E-state index contributed by atoms with van der Waals surface area (Å²) in [4.78, 5) is 20.6. The molecular weight excluding hydrogens is 326 g/mol. The highest BCUT2D eigenvalue weighted by molar-refractivity contribution is 5.94. The minimum absolute atomic E-state index is 0.0732. The zero-order valence-electron chi connectivity index (χ0n) is 14.3. The normalized spacial score (nSPS) is 23.0. The first kappa shape index (κ1) is 15.3. The second-order valence-corrected chi connectivity index (χ2v) is 7.17. The van der Waals surface area contributed by atoms with Gasteiger partial charge in [-0.15, -0.1) is 0 Å². The second-order valence-electron chi connectivity index (χ2n) is 7.17. The van der Waals surface area contributed by atoms with Crippen molar-refractivity contribution in [2.75, 3.05) is 6.54 Å². The average Bonchev–Trinajstić information content (AvgIpc) is 3.01. The molecule has 2 aliphatic rings. The molecule has 6 nitrogen and oxygen atoms in total. The Morgan fingerprint density at radius 1 is 1.27 bits per heavy atom. The van der Waals surface area contributed by atoms with Crippen molar-refractivity contribution < 1.29 is 4.79 Å². The summed E-state index contributed by atoms with van der Waals surface area (Å²) in [6, 6.07) is 12.3. The zero-order chi connectivity index (χ0) is 17.6. The van der Waals surface area contributed by atoms with Crippen LogP contribution in [0.3, 0.4) is 0 Å². The average molecular weight is 345 g/mol. The predicted octanol–water partition coefficient (Wildman–Crippen LogP) is 2.30. The van der Waals surface area contributed by atoms with Gasteiger partial charge in [-0.25, -0.2) is 14.6 Å². The predicted molar refractivity (Wildman–Crippen MR) is 96.0 cm³/mol. The summed E-state index contributed by atoms with van der Waals surface area (Å²) < 4.78 is 1.56. The van der Waals surface area contributed by atoms with Gasteiger partial charge in [0, 0.05) is 18.2 Å². The fourth-order valence-corrected chi connectivity index (χ4v) is 4.30. The van der Waals surface area contributed by atoms with Crippen molar-refractivity contribution in [1.82, 2.24) is 25.1 Å². The van der Waals surface area contributed by atoms with Gasteiger partial charge in [-0.3, -0.25) is 4.79 Å². The summed E-state index contributed by atoms with van der Waals surface area (Å²) >= 11 is 0. The molecule has 130 valence electrons. The number of nitrogens with one attached hydrogen (secondary N) is 1. The molecule has 1 spiro atoms. The summed E-state index contributed by atoms with van der Waals surface area (Å²) in [5, 5.41) is 7.11. The van der Waals surface area contributed by atoms with Gasteiger partial charge in [-0.2, -0.15) is 5.10 Å². The number of fused-ring (bicyclic) bond motifs is 2. The molecule has 1 N–H and O–H groups in total. The molecule has 1 saturated carbocycles. The van der Waals surface area contributed by atoms with E-state index in [-0.39, 0.29) is 5.91 Å². The number of aryl methyl sites for hydroxylation is 1. The van der Waals surface area contributed by atoms with Gasteiger partial charge in [-0.1, -0.05) is 24.3 Å². The Morgan fingerprint density at radius 2 is 2.19 bits per heavy atom. The summed E-state index contributed by atoms with van der Waals surface area (Å²) in [5.74, 6) is 1.11. The molecule has 1 amide bonds. The summed E-state index contributed by atoms with van der Waals surface area (Å²) in [6.45, 7) is 0.720. The first-order valence-electron chi connectivity index (χ1n) is 8.94. The molecule has 2 aromatic heterocycles. The second kappa shape index (κ2) is 5.76. The highest BCUT2D eigenvalue weighted by Crippen LogP contribution is 2.61. The van der Waals surface area contributed by atoms with Gasteiger partial charge >= 0.3 is 0 Å². The molecule has 0 saturated heterocycles. The van der Waals surface area contributed by atoms with Crippen molar-refractivity contribution in [2.45, 2.75) is 24.7 Å². The molecule has 2 aliphatic carbocycles. The number of benzene rings is 1. The van der Waals surface area contributed by atoms with E-state index in [0.29, 0.717) is 22.7 Å². The number of rotatable bonds is 4. The van der Waals surface area contributed by atoms with E-state index in [9.17, 15) is 4.79 Å². The fourth-order valence-electron chi connectivity index (χ4n) is 4.30. The number of amides is 1. The van der Waals surface area contributed by atoms with Crippen molar-refractivity contribution in [3.05, 3.63) is 71.9 Å². The Balaban J connectivity index is 1.23. The van der Waals surface area contributed by atoms with Crippen LogP contribution in [0.1, 0.15) is 34.3 Å². The maximum atomic E-state index is 12.4. The van der Waals surface area contributed by atoms with Gasteiger partial charge < -0.3 is 5.32 Å². The van der Waals surface area contributed by atoms with Crippen molar-refractivity contribution in [3.8, 4) is 5.82 Å². The Labute approximate surface area is 151 Å². The van der Waals surface area contributed by atoms with Crippen LogP contribution in [0.2, 0.25) is 0 Å². The Kier molecular flexibility index (Phi) is 3.38. The third-order valence-corrected chi connectivity index (χ3v) is 5.80. The lowest BCUT2D eigenvalue weighted by Gasteiger charge is -2.12. The van der Waals surface area contributed by atoms with E-state index in [1.807, 2.05) is 0 Å². The molecule has 0 bridgehead atoms. The third-order valence-electron chi connectivity index (χ3n) is 5.80. The smallest absolute Gasteiger partial charge is 0.252 e. The van der Waals surface area contributed by atoms with E-state index in [2.05, 4.69) is 44.6 Å². The topological polar surface area (TPSA) is 72.7 Å². The molecule has 2 atom stereocenters. The van der Waals surface area contributed by atoms with Crippen molar-refractivity contribution >= 4 is 5.91 Å². The number of pyridine rings is 1. The highest BCUT2D eigenvalue weighted by Gasteiger charge is 2.57. The fraction of sp³-hybridized carbons (Fsp3) is 0.300. The highest BCUT2D eigenvalue weighted by atomic mass is 16.1. The number of carbonyl (C=O) groups is 1. The van der Waals surface area contributed by atoms with Gasteiger partial charge in [0.2, 0.25) is 0 Å². The molecule has 26 heavy (non-hydrogen) atoms. The number of aromatic nitrogens is 4. The lowest BCUT2D eigenvalue weighted by molar-refractivity contribution is 0.0950. The van der Waals surface area contributed by atoms with E-state index in [1.54, 1.807) is 29.3 Å². The van der Waals surface area contributed by atoms with Gasteiger partial charge in [0.05, 0.1) is 5.56 Å². The molecule has 1 aromatic carbocycles. The molecule has 5 rings (SSSR count). The molecular formula is C20H19N5O. The van der Waals surface area contributed by atoms with Crippen LogP contribution >= 0.6 is 0 Å². The quantitative estimate of drug-likeness (QED) is 0.787. The maximum Gasteiger partial charge on any atom is 0.252 e. The van der Waals surface area contributed by atoms with Crippen LogP contribution in [-0.2, 0) is 11.8 Å². The van der Waals surface area contributed by atoms with E-state index in [4.69, 9.17) is 0 Å².